The Kier molecular flexibility index (Phi) is 12.1. The van der Waals surface area contributed by atoms with Gasteiger partial charge in [0.2, 0.25) is 5.91 Å². The van der Waals surface area contributed by atoms with Crippen LogP contribution in [0.25, 0.3) is 0 Å². The molecule has 3 aromatic rings. The number of rotatable bonds is 14. The topological polar surface area (TPSA) is 108 Å². The van der Waals surface area contributed by atoms with Crippen LogP contribution in [0.1, 0.15) is 76.0 Å². The predicted octanol–water partition coefficient (Wildman–Crippen LogP) is 6.30. The van der Waals surface area contributed by atoms with Gasteiger partial charge in [0.1, 0.15) is 11.6 Å². The Morgan fingerprint density at radius 3 is 1.93 bits per heavy atom. The molecule has 3 rings (SSSR count). The standard InChI is InChI=1S/C34H41ClN2O5/c1-33(2,3)42-32(40)29(36)22-23-30(38)37-24-14-6-11-21-31(39)41-34(25-15-7-4-8-16-25,26-17-9-5-10-18-26)27-19-12-13-20-28(27)35/h4-5,7-10,12-13,15-20,29H,6,11,14,21-24,36H2,1-3H3,(H,37,38). The maximum absolute atomic E-state index is 13.3. The van der Waals surface area contributed by atoms with E-state index in [1.807, 2.05) is 78.9 Å². The third kappa shape index (κ3) is 9.43. The number of hydrogen-bond donors (Lipinski definition) is 2. The Morgan fingerprint density at radius 2 is 1.36 bits per heavy atom. The maximum Gasteiger partial charge on any atom is 0.323 e. The molecule has 3 N–H and O–H groups in total. The van der Waals surface area contributed by atoms with Crippen LogP contribution < -0.4 is 11.1 Å². The highest BCUT2D eigenvalue weighted by Gasteiger charge is 2.41. The van der Waals surface area contributed by atoms with Gasteiger partial charge in [0, 0.05) is 41.1 Å². The third-order valence-corrected chi connectivity index (χ3v) is 6.98. The highest BCUT2D eigenvalue weighted by molar-refractivity contribution is 6.31. The van der Waals surface area contributed by atoms with Crippen molar-refractivity contribution >= 4 is 29.4 Å². The summed E-state index contributed by atoms with van der Waals surface area (Å²) in [4.78, 5) is 37.5. The van der Waals surface area contributed by atoms with Crippen molar-refractivity contribution in [3.05, 3.63) is 107 Å². The van der Waals surface area contributed by atoms with Crippen LogP contribution in [0.4, 0.5) is 0 Å². The van der Waals surface area contributed by atoms with Gasteiger partial charge < -0.3 is 20.5 Å². The second-order valence-corrected chi connectivity index (χ2v) is 11.6. The number of nitrogens with one attached hydrogen (secondary N) is 1. The van der Waals surface area contributed by atoms with Gasteiger partial charge in [0.05, 0.1) is 0 Å². The number of hydrogen-bond acceptors (Lipinski definition) is 6. The largest absolute Gasteiger partial charge is 0.459 e. The van der Waals surface area contributed by atoms with E-state index in [9.17, 15) is 14.4 Å². The van der Waals surface area contributed by atoms with Gasteiger partial charge in [-0.05, 0) is 46.1 Å². The summed E-state index contributed by atoms with van der Waals surface area (Å²) in [7, 11) is 0. The first kappa shape index (κ1) is 32.8. The van der Waals surface area contributed by atoms with Crippen LogP contribution in [-0.4, -0.2) is 36.0 Å². The molecule has 224 valence electrons. The molecule has 0 aliphatic carbocycles. The highest BCUT2D eigenvalue weighted by atomic mass is 35.5. The van der Waals surface area contributed by atoms with E-state index in [4.69, 9.17) is 26.8 Å². The lowest BCUT2D eigenvalue weighted by atomic mass is 9.80. The number of esters is 2. The van der Waals surface area contributed by atoms with Gasteiger partial charge >= 0.3 is 11.9 Å². The van der Waals surface area contributed by atoms with Crippen LogP contribution in [0.2, 0.25) is 5.02 Å². The number of nitrogens with two attached hydrogens (primary N) is 1. The number of carbonyl (C=O) groups is 3. The molecule has 1 amide bonds. The van der Waals surface area contributed by atoms with Crippen LogP contribution in [0, 0.1) is 0 Å². The molecule has 7 nitrogen and oxygen atoms in total. The molecule has 0 radical (unpaired) electrons. The lowest BCUT2D eigenvalue weighted by Gasteiger charge is -2.36. The number of ether oxygens (including phenoxy) is 2. The maximum atomic E-state index is 13.3. The van der Waals surface area contributed by atoms with Crippen LogP contribution in [0.15, 0.2) is 84.9 Å². The van der Waals surface area contributed by atoms with Gasteiger partial charge in [-0.1, -0.05) is 96.9 Å². The lowest BCUT2D eigenvalue weighted by molar-refractivity contribution is -0.157. The first-order valence-corrected chi connectivity index (χ1v) is 14.7. The molecule has 1 unspecified atom stereocenters. The molecule has 0 aromatic heterocycles. The average molecular weight is 593 g/mol. The van der Waals surface area contributed by atoms with Crippen LogP contribution in [0.3, 0.4) is 0 Å². The van der Waals surface area contributed by atoms with Crippen molar-refractivity contribution in [1.29, 1.82) is 0 Å². The zero-order valence-electron chi connectivity index (χ0n) is 24.6. The number of carbonyl (C=O) groups excluding carboxylic acids is 3. The zero-order chi connectivity index (χ0) is 30.6. The molecule has 0 spiro atoms. The number of benzene rings is 3. The monoisotopic (exact) mass is 592 g/mol. The molecule has 0 bridgehead atoms. The Balaban J connectivity index is 1.55. The minimum atomic E-state index is -1.22. The third-order valence-electron chi connectivity index (χ3n) is 6.65. The van der Waals surface area contributed by atoms with Crippen molar-refractivity contribution in [3.8, 4) is 0 Å². The van der Waals surface area contributed by atoms with E-state index >= 15 is 0 Å². The van der Waals surface area contributed by atoms with Gasteiger partial charge in [0.25, 0.3) is 0 Å². The van der Waals surface area contributed by atoms with Crippen molar-refractivity contribution in [2.75, 3.05) is 6.54 Å². The van der Waals surface area contributed by atoms with E-state index in [1.54, 1.807) is 26.8 Å². The Bertz CT molecular complexity index is 1270. The van der Waals surface area contributed by atoms with Crippen molar-refractivity contribution in [2.24, 2.45) is 5.73 Å². The molecule has 0 aliphatic rings. The summed E-state index contributed by atoms with van der Waals surface area (Å²) in [5.41, 5.74) is 6.30. The Morgan fingerprint density at radius 1 is 0.786 bits per heavy atom. The molecular weight excluding hydrogens is 552 g/mol. The second kappa shape index (κ2) is 15.5. The van der Waals surface area contributed by atoms with Gasteiger partial charge in [0.15, 0.2) is 5.60 Å². The van der Waals surface area contributed by atoms with Crippen LogP contribution in [-0.2, 0) is 29.5 Å². The Labute approximate surface area is 253 Å². The van der Waals surface area contributed by atoms with Gasteiger partial charge in [-0.25, -0.2) is 0 Å². The van der Waals surface area contributed by atoms with Crippen LogP contribution in [0.5, 0.6) is 0 Å². The minimum absolute atomic E-state index is 0.135. The molecule has 0 aliphatic heterocycles. The van der Waals surface area contributed by atoms with E-state index in [0.29, 0.717) is 30.0 Å². The molecule has 0 fully saturated rings. The van der Waals surface area contributed by atoms with Gasteiger partial charge in [-0.15, -0.1) is 0 Å². The van der Waals surface area contributed by atoms with E-state index in [0.717, 1.165) is 17.5 Å². The molecule has 0 saturated heterocycles. The molecule has 3 aromatic carbocycles. The quantitative estimate of drug-likeness (QED) is 0.129. The van der Waals surface area contributed by atoms with Gasteiger partial charge in [-0.2, -0.15) is 0 Å². The van der Waals surface area contributed by atoms with E-state index in [2.05, 4.69) is 5.32 Å². The van der Waals surface area contributed by atoms with Crippen molar-refractivity contribution in [2.45, 2.75) is 76.5 Å². The van der Waals surface area contributed by atoms with E-state index in [-0.39, 0.29) is 31.1 Å². The molecule has 1 atom stereocenters. The van der Waals surface area contributed by atoms with E-state index < -0.39 is 23.2 Å². The lowest BCUT2D eigenvalue weighted by Crippen LogP contribution is -2.38. The first-order valence-electron chi connectivity index (χ1n) is 14.4. The van der Waals surface area contributed by atoms with Gasteiger partial charge in [-0.3, -0.25) is 14.4 Å². The number of halogens is 1. The highest BCUT2D eigenvalue weighted by Crippen LogP contribution is 2.43. The SMILES string of the molecule is CC(C)(C)OC(=O)C(N)CCC(=O)NCCCCCC(=O)OC(c1ccccc1)(c1ccccc1)c1ccccc1Cl. The predicted molar refractivity (Wildman–Crippen MR) is 165 cm³/mol. The summed E-state index contributed by atoms with van der Waals surface area (Å²) in [6.07, 6.45) is 2.58. The smallest absolute Gasteiger partial charge is 0.323 e. The van der Waals surface area contributed by atoms with Crippen molar-refractivity contribution in [1.82, 2.24) is 5.32 Å². The molecule has 0 saturated carbocycles. The summed E-state index contributed by atoms with van der Waals surface area (Å²) in [5.74, 6) is -1.04. The van der Waals surface area contributed by atoms with Crippen molar-refractivity contribution < 1.29 is 23.9 Å². The summed E-state index contributed by atoms with van der Waals surface area (Å²) in [6.45, 7) is 5.77. The molecular formula is C34H41ClN2O5. The second-order valence-electron chi connectivity index (χ2n) is 11.2. The minimum Gasteiger partial charge on any atom is -0.459 e. The summed E-state index contributed by atoms with van der Waals surface area (Å²) < 4.78 is 11.6. The fraction of sp³-hybridized carbons (Fsp3) is 0.382. The number of unbranched alkanes of at least 4 members (excludes halogenated alkanes) is 2. The van der Waals surface area contributed by atoms with Crippen molar-refractivity contribution in [3.63, 3.8) is 0 Å². The normalized spacial score (nSPS) is 12.3. The summed E-state index contributed by atoms with van der Waals surface area (Å²) in [6, 6.07) is 25.8. The molecule has 42 heavy (non-hydrogen) atoms. The average Bonchev–Trinajstić information content (AvgIpc) is 2.97. The summed E-state index contributed by atoms with van der Waals surface area (Å²) >= 11 is 6.70. The van der Waals surface area contributed by atoms with Crippen LogP contribution >= 0.6 is 11.6 Å². The molecule has 8 heteroatoms. The first-order chi connectivity index (χ1) is 20.0. The fourth-order valence-corrected chi connectivity index (χ4v) is 4.90. The van der Waals surface area contributed by atoms with E-state index in [1.165, 1.54) is 0 Å². The Hall–Kier alpha value is -3.68. The summed E-state index contributed by atoms with van der Waals surface area (Å²) in [5, 5.41) is 3.35. The molecule has 0 heterocycles. The fourth-order valence-electron chi connectivity index (χ4n) is 4.63. The zero-order valence-corrected chi connectivity index (χ0v) is 25.4. The number of amides is 1.